The molecule has 1 heterocycles. The number of nitrogens with zero attached hydrogens (tertiary/aromatic N) is 2. The van der Waals surface area contributed by atoms with Gasteiger partial charge in [0.15, 0.2) is 0 Å². The zero-order chi connectivity index (χ0) is 21.7. The van der Waals surface area contributed by atoms with E-state index in [2.05, 4.69) is 4.90 Å². The Morgan fingerprint density at radius 2 is 1.80 bits per heavy atom. The van der Waals surface area contributed by atoms with Gasteiger partial charge in [0.1, 0.15) is 5.75 Å². The van der Waals surface area contributed by atoms with Crippen molar-refractivity contribution in [2.24, 2.45) is 0 Å². The molecular formula is C23H27F3N2O2. The second-order valence-corrected chi connectivity index (χ2v) is 7.68. The number of halogens is 3. The van der Waals surface area contributed by atoms with E-state index in [4.69, 9.17) is 4.74 Å². The van der Waals surface area contributed by atoms with Crippen molar-refractivity contribution in [3.05, 3.63) is 65.2 Å². The first-order valence-corrected chi connectivity index (χ1v) is 10.1. The van der Waals surface area contributed by atoms with Crippen LogP contribution in [0.4, 0.5) is 13.2 Å². The highest BCUT2D eigenvalue weighted by Gasteiger charge is 2.30. The van der Waals surface area contributed by atoms with Gasteiger partial charge in [-0.1, -0.05) is 24.3 Å². The second kappa shape index (κ2) is 9.51. The van der Waals surface area contributed by atoms with Crippen molar-refractivity contribution in [3.63, 3.8) is 0 Å². The van der Waals surface area contributed by atoms with Crippen LogP contribution in [-0.2, 0) is 17.4 Å². The first-order valence-electron chi connectivity index (χ1n) is 10.1. The molecular weight excluding hydrogens is 393 g/mol. The summed E-state index contributed by atoms with van der Waals surface area (Å²) in [5.74, 6) is 0.587. The Balaban J connectivity index is 1.77. The molecule has 162 valence electrons. The number of carbonyl (C=O) groups excluding carboxylic acids is 1. The SMILES string of the molecule is COc1cccc([C@@H](CN2CCCC2)N(C)C(=O)Cc2ccc(C(F)(F)F)cc2)c1. The molecule has 0 saturated carbocycles. The first kappa shape index (κ1) is 22.2. The zero-order valence-electron chi connectivity index (χ0n) is 17.3. The number of amides is 1. The van der Waals surface area contributed by atoms with Crippen molar-refractivity contribution in [2.75, 3.05) is 33.8 Å². The van der Waals surface area contributed by atoms with Gasteiger partial charge >= 0.3 is 6.18 Å². The number of likely N-dealkylation sites (N-methyl/N-ethyl adjacent to an activating group) is 1. The minimum atomic E-state index is -4.38. The number of hydrogen-bond donors (Lipinski definition) is 0. The molecule has 1 aliphatic heterocycles. The van der Waals surface area contributed by atoms with Gasteiger partial charge in [0.05, 0.1) is 25.1 Å². The minimum absolute atomic E-state index is 0.0507. The molecule has 3 rings (SSSR count). The van der Waals surface area contributed by atoms with Gasteiger partial charge in [0.25, 0.3) is 0 Å². The fraction of sp³-hybridized carbons (Fsp3) is 0.435. The maximum absolute atomic E-state index is 13.0. The summed E-state index contributed by atoms with van der Waals surface area (Å²) < 4.78 is 43.6. The number of ether oxygens (including phenoxy) is 1. The van der Waals surface area contributed by atoms with Crippen molar-refractivity contribution >= 4 is 5.91 Å². The second-order valence-electron chi connectivity index (χ2n) is 7.68. The molecule has 0 bridgehead atoms. The molecule has 2 aromatic carbocycles. The van der Waals surface area contributed by atoms with Gasteiger partial charge in [-0.25, -0.2) is 0 Å². The normalized spacial score (nSPS) is 15.8. The Morgan fingerprint density at radius 1 is 1.13 bits per heavy atom. The van der Waals surface area contributed by atoms with Crippen molar-refractivity contribution in [2.45, 2.75) is 31.5 Å². The lowest BCUT2D eigenvalue weighted by Crippen LogP contribution is -2.39. The summed E-state index contributed by atoms with van der Waals surface area (Å²) in [6.45, 7) is 2.71. The molecule has 1 fully saturated rings. The zero-order valence-corrected chi connectivity index (χ0v) is 17.3. The molecule has 0 unspecified atom stereocenters. The summed E-state index contributed by atoms with van der Waals surface area (Å²) in [5, 5.41) is 0. The molecule has 30 heavy (non-hydrogen) atoms. The average Bonchev–Trinajstić information content (AvgIpc) is 3.24. The maximum atomic E-state index is 13.0. The third kappa shape index (κ3) is 5.53. The molecule has 7 heteroatoms. The number of carbonyl (C=O) groups is 1. The van der Waals surface area contributed by atoms with Crippen LogP contribution in [0.25, 0.3) is 0 Å². The topological polar surface area (TPSA) is 32.8 Å². The molecule has 1 amide bonds. The molecule has 0 aromatic heterocycles. The Labute approximate surface area is 175 Å². The Hall–Kier alpha value is -2.54. The van der Waals surface area contributed by atoms with Gasteiger partial charge in [0, 0.05) is 13.6 Å². The fourth-order valence-electron chi connectivity index (χ4n) is 3.79. The van der Waals surface area contributed by atoms with Crippen molar-refractivity contribution in [3.8, 4) is 5.75 Å². The monoisotopic (exact) mass is 420 g/mol. The lowest BCUT2D eigenvalue weighted by molar-refractivity contribution is -0.137. The fourth-order valence-corrected chi connectivity index (χ4v) is 3.79. The number of alkyl halides is 3. The van der Waals surface area contributed by atoms with Crippen LogP contribution >= 0.6 is 0 Å². The van der Waals surface area contributed by atoms with Gasteiger partial charge in [-0.2, -0.15) is 13.2 Å². The number of hydrogen-bond acceptors (Lipinski definition) is 3. The van der Waals surface area contributed by atoms with E-state index in [1.54, 1.807) is 19.1 Å². The summed E-state index contributed by atoms with van der Waals surface area (Å²) in [6, 6.07) is 12.3. The molecule has 2 aromatic rings. The largest absolute Gasteiger partial charge is 0.497 e. The standard InChI is InChI=1S/C23H27F3N2O2/c1-27(22(29)14-17-8-10-19(11-9-17)23(24,25)26)21(16-28-12-3-4-13-28)18-6-5-7-20(15-18)30-2/h5-11,15,21H,3-4,12-14,16H2,1-2H3/t21-/m1/s1. The molecule has 0 spiro atoms. The number of benzene rings is 2. The van der Waals surface area contributed by atoms with E-state index in [0.717, 1.165) is 49.4 Å². The lowest BCUT2D eigenvalue weighted by atomic mass is 10.0. The van der Waals surface area contributed by atoms with Gasteiger partial charge < -0.3 is 14.5 Å². The Kier molecular flexibility index (Phi) is 7.02. The van der Waals surface area contributed by atoms with Crippen molar-refractivity contribution in [1.82, 2.24) is 9.80 Å². The molecule has 0 radical (unpaired) electrons. The van der Waals surface area contributed by atoms with Crippen molar-refractivity contribution < 1.29 is 22.7 Å². The van der Waals surface area contributed by atoms with Gasteiger partial charge in [-0.15, -0.1) is 0 Å². The molecule has 1 saturated heterocycles. The molecule has 4 nitrogen and oxygen atoms in total. The van der Waals surface area contributed by atoms with Gasteiger partial charge in [-0.3, -0.25) is 4.79 Å². The summed E-state index contributed by atoms with van der Waals surface area (Å²) in [6.07, 6.45) is -2.04. The van der Waals surface area contributed by atoms with Crippen LogP contribution in [0.3, 0.4) is 0 Å². The molecule has 0 aliphatic carbocycles. The third-order valence-corrected chi connectivity index (χ3v) is 5.61. The predicted octanol–water partition coefficient (Wildman–Crippen LogP) is 4.55. The van der Waals surface area contributed by atoms with E-state index in [1.807, 2.05) is 24.3 Å². The molecule has 0 N–H and O–H groups in total. The van der Waals surface area contributed by atoms with Crippen LogP contribution in [0.1, 0.15) is 35.6 Å². The third-order valence-electron chi connectivity index (χ3n) is 5.61. The highest BCUT2D eigenvalue weighted by atomic mass is 19.4. The van der Waals surface area contributed by atoms with Crippen molar-refractivity contribution in [1.29, 1.82) is 0 Å². The average molecular weight is 420 g/mol. The van der Waals surface area contributed by atoms with Gasteiger partial charge in [-0.05, 0) is 61.3 Å². The minimum Gasteiger partial charge on any atom is -0.497 e. The smallest absolute Gasteiger partial charge is 0.416 e. The van der Waals surface area contributed by atoms with Crippen LogP contribution in [0.2, 0.25) is 0 Å². The predicted molar refractivity (Wildman–Crippen MR) is 109 cm³/mol. The summed E-state index contributed by atoms with van der Waals surface area (Å²) in [5.41, 5.74) is 0.824. The molecule has 1 aliphatic rings. The maximum Gasteiger partial charge on any atom is 0.416 e. The first-order chi connectivity index (χ1) is 14.3. The highest BCUT2D eigenvalue weighted by molar-refractivity contribution is 5.79. The van der Waals surface area contributed by atoms with E-state index < -0.39 is 11.7 Å². The highest BCUT2D eigenvalue weighted by Crippen LogP contribution is 2.30. The van der Waals surface area contributed by atoms with Crippen LogP contribution in [0.5, 0.6) is 5.75 Å². The Bertz CT molecular complexity index is 846. The number of likely N-dealkylation sites (tertiary alicyclic amines) is 1. The van der Waals surface area contributed by atoms with E-state index in [1.165, 1.54) is 12.1 Å². The van der Waals surface area contributed by atoms with E-state index in [9.17, 15) is 18.0 Å². The number of methoxy groups -OCH3 is 1. The van der Waals surface area contributed by atoms with E-state index in [-0.39, 0.29) is 18.4 Å². The molecule has 1 atom stereocenters. The number of rotatable bonds is 7. The summed E-state index contributed by atoms with van der Waals surface area (Å²) >= 11 is 0. The van der Waals surface area contributed by atoms with E-state index in [0.29, 0.717) is 12.1 Å². The quantitative estimate of drug-likeness (QED) is 0.659. The van der Waals surface area contributed by atoms with Crippen LogP contribution in [-0.4, -0.2) is 49.5 Å². The summed E-state index contributed by atoms with van der Waals surface area (Å²) in [7, 11) is 3.36. The summed E-state index contributed by atoms with van der Waals surface area (Å²) in [4.78, 5) is 17.0. The lowest BCUT2D eigenvalue weighted by Gasteiger charge is -2.32. The van der Waals surface area contributed by atoms with E-state index >= 15 is 0 Å². The van der Waals surface area contributed by atoms with Crippen LogP contribution in [0, 0.1) is 0 Å². The van der Waals surface area contributed by atoms with Gasteiger partial charge in [0.2, 0.25) is 5.91 Å². The van der Waals surface area contributed by atoms with Crippen LogP contribution in [0.15, 0.2) is 48.5 Å². The Morgan fingerprint density at radius 3 is 2.40 bits per heavy atom. The van der Waals surface area contributed by atoms with Crippen LogP contribution < -0.4 is 4.74 Å².